The Labute approximate surface area is 173 Å². The number of anilines is 1. The molecular weight excluding hydrogens is 383 g/mol. The molecule has 7 heteroatoms. The molecule has 2 aromatic heterocycles. The molecule has 0 atom stereocenters. The van der Waals surface area contributed by atoms with Crippen molar-refractivity contribution in [2.24, 2.45) is 0 Å². The number of nitrogens with one attached hydrogen (secondary N) is 1. The van der Waals surface area contributed by atoms with Crippen LogP contribution in [0.15, 0.2) is 54.9 Å². The number of ether oxygens (including phenoxy) is 2. The Hall–Kier alpha value is -3.74. The molecule has 6 nitrogen and oxygen atoms in total. The third-order valence-electron chi connectivity index (χ3n) is 4.69. The molecule has 0 aliphatic heterocycles. The highest BCUT2D eigenvalue weighted by molar-refractivity contribution is 5.98. The normalized spacial score (nSPS) is 10.8. The third kappa shape index (κ3) is 3.61. The lowest BCUT2D eigenvalue weighted by Gasteiger charge is -2.15. The minimum absolute atomic E-state index is 0.343. The molecule has 1 N–H and O–H groups in total. The molecule has 0 spiro atoms. The molecule has 152 valence electrons. The maximum absolute atomic E-state index is 14.0. The van der Waals surface area contributed by atoms with E-state index in [0.717, 1.165) is 16.5 Å². The summed E-state index contributed by atoms with van der Waals surface area (Å²) in [6.45, 7) is 2.36. The lowest BCUT2D eigenvalue weighted by molar-refractivity contribution is 0.341. The highest BCUT2D eigenvalue weighted by Gasteiger charge is 2.17. The lowest BCUT2D eigenvalue weighted by atomic mass is 10.0. The summed E-state index contributed by atoms with van der Waals surface area (Å²) in [4.78, 5) is 13.5. The van der Waals surface area contributed by atoms with Gasteiger partial charge in [0.25, 0.3) is 0 Å². The average Bonchev–Trinajstić information content (AvgIpc) is 2.79. The number of hydrogen-bond acceptors (Lipinski definition) is 6. The second-order valence-electron chi connectivity index (χ2n) is 6.54. The summed E-state index contributed by atoms with van der Waals surface area (Å²) in [6.07, 6.45) is 3.41. The topological polar surface area (TPSA) is 69.2 Å². The van der Waals surface area contributed by atoms with Gasteiger partial charge in [-0.3, -0.25) is 4.98 Å². The van der Waals surface area contributed by atoms with Gasteiger partial charge in [0.15, 0.2) is 5.82 Å². The van der Waals surface area contributed by atoms with Gasteiger partial charge in [0, 0.05) is 36.0 Å². The second-order valence-corrected chi connectivity index (χ2v) is 6.54. The van der Waals surface area contributed by atoms with Gasteiger partial charge in [-0.15, -0.1) is 0 Å². The fourth-order valence-corrected chi connectivity index (χ4v) is 3.34. The zero-order chi connectivity index (χ0) is 21.1. The summed E-state index contributed by atoms with van der Waals surface area (Å²) in [7, 11) is 3.38. The third-order valence-corrected chi connectivity index (χ3v) is 4.69. The van der Waals surface area contributed by atoms with E-state index in [-0.39, 0.29) is 5.82 Å². The molecule has 30 heavy (non-hydrogen) atoms. The Morgan fingerprint density at radius 1 is 1.03 bits per heavy atom. The quantitative estimate of drug-likeness (QED) is 0.491. The SMILES string of the molecule is CCOc1ccc(F)cc1-c1cc(OC)c2nc(-c3cccnc3)nc(NC)c2c1. The first kappa shape index (κ1) is 19.6. The van der Waals surface area contributed by atoms with Crippen LogP contribution in [-0.2, 0) is 0 Å². The number of aromatic nitrogens is 3. The largest absolute Gasteiger partial charge is 0.494 e. The van der Waals surface area contributed by atoms with Crippen molar-refractivity contribution >= 4 is 16.7 Å². The van der Waals surface area contributed by atoms with Gasteiger partial charge < -0.3 is 14.8 Å². The van der Waals surface area contributed by atoms with Gasteiger partial charge in [0.2, 0.25) is 0 Å². The van der Waals surface area contributed by atoms with E-state index in [2.05, 4.69) is 15.3 Å². The van der Waals surface area contributed by atoms with Crippen LogP contribution in [0.25, 0.3) is 33.4 Å². The average molecular weight is 404 g/mol. The Bertz CT molecular complexity index is 1200. The number of pyridine rings is 1. The molecule has 0 aliphatic rings. The Kier molecular flexibility index (Phi) is 5.43. The van der Waals surface area contributed by atoms with Crippen LogP contribution >= 0.6 is 0 Å². The van der Waals surface area contributed by atoms with Crippen molar-refractivity contribution in [3.8, 4) is 34.0 Å². The highest BCUT2D eigenvalue weighted by Crippen LogP contribution is 2.39. The van der Waals surface area contributed by atoms with Crippen LogP contribution in [-0.4, -0.2) is 35.7 Å². The van der Waals surface area contributed by atoms with Gasteiger partial charge in [-0.2, -0.15) is 0 Å². The van der Waals surface area contributed by atoms with E-state index in [1.807, 2.05) is 31.2 Å². The van der Waals surface area contributed by atoms with Crippen molar-refractivity contribution in [2.45, 2.75) is 6.92 Å². The Balaban J connectivity index is 1.97. The van der Waals surface area contributed by atoms with Crippen LogP contribution < -0.4 is 14.8 Å². The molecule has 4 aromatic rings. The van der Waals surface area contributed by atoms with Gasteiger partial charge in [0.05, 0.1) is 13.7 Å². The summed E-state index contributed by atoms with van der Waals surface area (Å²) < 4.78 is 25.4. The van der Waals surface area contributed by atoms with Crippen molar-refractivity contribution in [1.82, 2.24) is 15.0 Å². The van der Waals surface area contributed by atoms with E-state index in [0.29, 0.717) is 40.8 Å². The smallest absolute Gasteiger partial charge is 0.163 e. The number of methoxy groups -OCH3 is 1. The maximum atomic E-state index is 14.0. The summed E-state index contributed by atoms with van der Waals surface area (Å²) in [5, 5.41) is 3.88. The monoisotopic (exact) mass is 404 g/mol. The van der Waals surface area contributed by atoms with E-state index in [4.69, 9.17) is 14.5 Å². The van der Waals surface area contributed by atoms with Gasteiger partial charge in [-0.05, 0) is 55.0 Å². The molecule has 0 radical (unpaired) electrons. The van der Waals surface area contributed by atoms with E-state index in [1.54, 1.807) is 32.6 Å². The molecule has 4 rings (SSSR count). The number of benzene rings is 2. The van der Waals surface area contributed by atoms with E-state index < -0.39 is 0 Å². The van der Waals surface area contributed by atoms with Gasteiger partial charge in [0.1, 0.15) is 28.7 Å². The minimum atomic E-state index is -0.343. The first-order chi connectivity index (χ1) is 14.6. The number of fused-ring (bicyclic) bond motifs is 1. The summed E-state index contributed by atoms with van der Waals surface area (Å²) in [5.74, 6) is 1.97. The van der Waals surface area contributed by atoms with Gasteiger partial charge >= 0.3 is 0 Å². The van der Waals surface area contributed by atoms with E-state index in [9.17, 15) is 4.39 Å². The number of nitrogens with zero attached hydrogens (tertiary/aromatic N) is 3. The van der Waals surface area contributed by atoms with Crippen LogP contribution in [0.5, 0.6) is 11.5 Å². The first-order valence-corrected chi connectivity index (χ1v) is 9.55. The van der Waals surface area contributed by atoms with Crippen LogP contribution in [0.1, 0.15) is 6.92 Å². The number of halogens is 1. The minimum Gasteiger partial charge on any atom is -0.494 e. The van der Waals surface area contributed by atoms with Crippen LogP contribution in [0.3, 0.4) is 0 Å². The number of hydrogen-bond donors (Lipinski definition) is 1. The fourth-order valence-electron chi connectivity index (χ4n) is 3.34. The van der Waals surface area contributed by atoms with Crippen molar-refractivity contribution in [3.05, 3.63) is 60.7 Å². The molecule has 0 bridgehead atoms. The van der Waals surface area contributed by atoms with Crippen LogP contribution in [0, 0.1) is 5.82 Å². The molecule has 0 fully saturated rings. The summed E-state index contributed by atoms with van der Waals surface area (Å²) in [6, 6.07) is 11.9. The molecular formula is C23H21FN4O2. The molecule has 0 aliphatic carbocycles. The standard InChI is InChI=1S/C23H21FN4O2/c1-4-30-19-8-7-16(24)12-17(19)15-10-18-21(20(11-15)29-3)27-22(28-23(18)25-2)14-6-5-9-26-13-14/h5-13H,4H2,1-3H3,(H,25,27,28). The Morgan fingerprint density at radius 2 is 1.90 bits per heavy atom. The molecule has 0 unspecified atom stereocenters. The van der Waals surface area contributed by atoms with Crippen molar-refractivity contribution in [1.29, 1.82) is 0 Å². The van der Waals surface area contributed by atoms with Crippen LogP contribution in [0.2, 0.25) is 0 Å². The molecule has 2 heterocycles. The lowest BCUT2D eigenvalue weighted by Crippen LogP contribution is -2.01. The Morgan fingerprint density at radius 3 is 2.60 bits per heavy atom. The molecule has 2 aromatic carbocycles. The predicted octanol–water partition coefficient (Wildman–Crippen LogP) is 4.95. The van der Waals surface area contributed by atoms with Crippen molar-refractivity contribution in [2.75, 3.05) is 26.1 Å². The highest BCUT2D eigenvalue weighted by atomic mass is 19.1. The van der Waals surface area contributed by atoms with Crippen LogP contribution in [0.4, 0.5) is 10.2 Å². The second kappa shape index (κ2) is 8.32. The van der Waals surface area contributed by atoms with E-state index >= 15 is 0 Å². The van der Waals surface area contributed by atoms with Gasteiger partial charge in [-0.25, -0.2) is 14.4 Å². The zero-order valence-corrected chi connectivity index (χ0v) is 16.9. The van der Waals surface area contributed by atoms with Gasteiger partial charge in [-0.1, -0.05) is 0 Å². The predicted molar refractivity (Wildman–Crippen MR) is 115 cm³/mol. The fraction of sp³-hybridized carbons (Fsp3) is 0.174. The molecule has 0 amide bonds. The summed E-state index contributed by atoms with van der Waals surface area (Å²) in [5.41, 5.74) is 2.83. The van der Waals surface area contributed by atoms with E-state index in [1.165, 1.54) is 12.1 Å². The van der Waals surface area contributed by atoms with Crippen molar-refractivity contribution in [3.63, 3.8) is 0 Å². The maximum Gasteiger partial charge on any atom is 0.163 e. The molecule has 0 saturated carbocycles. The first-order valence-electron chi connectivity index (χ1n) is 9.55. The number of rotatable bonds is 6. The van der Waals surface area contributed by atoms with Crippen molar-refractivity contribution < 1.29 is 13.9 Å². The summed E-state index contributed by atoms with van der Waals surface area (Å²) >= 11 is 0. The molecule has 0 saturated heterocycles. The zero-order valence-electron chi connectivity index (χ0n) is 16.9.